The van der Waals surface area contributed by atoms with Crippen LogP contribution in [0.1, 0.15) is 18.9 Å². The molecule has 0 spiro atoms. The summed E-state index contributed by atoms with van der Waals surface area (Å²) in [5.41, 5.74) is 4.92. The molecular weight excluding hydrogens is 399 g/mol. The third kappa shape index (κ3) is 3.32. The molecule has 2 aromatic rings. The zero-order valence-electron chi connectivity index (χ0n) is 15.9. The fourth-order valence-corrected chi connectivity index (χ4v) is 3.96. The highest BCUT2D eigenvalue weighted by molar-refractivity contribution is 6.31. The second-order valence-electron chi connectivity index (χ2n) is 7.25. The molecule has 4 rings (SSSR count). The number of nitrogens with two attached hydrogens (primary N) is 1. The van der Waals surface area contributed by atoms with Gasteiger partial charge in [-0.1, -0.05) is 11.6 Å². The SMILES string of the molecule is C[C@H]1C[C@H]2C(=O)N(C)C(N)=N[C@@]2(c2cc(Oc3ccncc3Cl)ccc2F)CO1. The fraction of sp³-hybridized carbons (Fsp3) is 0.350. The van der Waals surface area contributed by atoms with E-state index in [0.717, 1.165) is 0 Å². The van der Waals surface area contributed by atoms with E-state index in [1.807, 2.05) is 6.92 Å². The minimum absolute atomic E-state index is 0.0207. The smallest absolute Gasteiger partial charge is 0.235 e. The summed E-state index contributed by atoms with van der Waals surface area (Å²) >= 11 is 6.10. The van der Waals surface area contributed by atoms with Gasteiger partial charge in [-0.2, -0.15) is 0 Å². The lowest BCUT2D eigenvalue weighted by atomic mass is 9.72. The molecule has 152 valence electrons. The summed E-state index contributed by atoms with van der Waals surface area (Å²) in [6, 6.07) is 5.89. The number of pyridine rings is 1. The first-order valence-corrected chi connectivity index (χ1v) is 9.51. The van der Waals surface area contributed by atoms with Crippen molar-refractivity contribution in [1.82, 2.24) is 9.88 Å². The Morgan fingerprint density at radius 2 is 2.21 bits per heavy atom. The molecular formula is C20H20ClFN4O3. The largest absolute Gasteiger partial charge is 0.456 e. The molecule has 1 amide bonds. The number of guanidine groups is 1. The standard InChI is InChI=1S/C20H20ClFN4O3/c1-11-7-14-18(27)26(2)19(23)25-20(14,10-28-11)13-8-12(3-4-16(13)22)29-17-5-6-24-9-15(17)21/h3-6,8-9,11,14H,7,10H2,1-2H3,(H2,23,25)/t11-,14-,20+/m0/s1. The highest BCUT2D eigenvalue weighted by Crippen LogP contribution is 2.46. The lowest BCUT2D eigenvalue weighted by Gasteiger charge is -2.46. The van der Waals surface area contributed by atoms with Crippen LogP contribution in [-0.4, -0.2) is 41.5 Å². The van der Waals surface area contributed by atoms with E-state index in [0.29, 0.717) is 22.9 Å². The van der Waals surface area contributed by atoms with Gasteiger partial charge in [-0.25, -0.2) is 9.38 Å². The van der Waals surface area contributed by atoms with Crippen molar-refractivity contribution >= 4 is 23.5 Å². The average molecular weight is 419 g/mol. The minimum atomic E-state index is -1.26. The first kappa shape index (κ1) is 19.6. The molecule has 0 bridgehead atoms. The summed E-state index contributed by atoms with van der Waals surface area (Å²) in [5.74, 6) is -0.582. The van der Waals surface area contributed by atoms with Crippen LogP contribution in [0.5, 0.6) is 11.5 Å². The van der Waals surface area contributed by atoms with Gasteiger partial charge in [0.05, 0.1) is 18.6 Å². The number of ether oxygens (including phenoxy) is 2. The van der Waals surface area contributed by atoms with Gasteiger partial charge in [0, 0.05) is 31.1 Å². The predicted molar refractivity (Wildman–Crippen MR) is 105 cm³/mol. The van der Waals surface area contributed by atoms with Gasteiger partial charge in [-0.15, -0.1) is 0 Å². The van der Waals surface area contributed by atoms with E-state index in [9.17, 15) is 4.79 Å². The Labute approximate surface area is 172 Å². The molecule has 0 unspecified atom stereocenters. The van der Waals surface area contributed by atoms with Crippen molar-refractivity contribution in [2.24, 2.45) is 16.6 Å². The van der Waals surface area contributed by atoms with Crippen LogP contribution in [0.4, 0.5) is 4.39 Å². The molecule has 1 aromatic carbocycles. The number of nitrogens with zero attached hydrogens (tertiary/aromatic N) is 3. The monoisotopic (exact) mass is 418 g/mol. The summed E-state index contributed by atoms with van der Waals surface area (Å²) in [4.78, 5) is 22.7. The van der Waals surface area contributed by atoms with E-state index >= 15 is 4.39 Å². The van der Waals surface area contributed by atoms with Crippen molar-refractivity contribution in [3.63, 3.8) is 0 Å². The first-order valence-electron chi connectivity index (χ1n) is 9.13. The number of aliphatic imine (C=N–C) groups is 1. The Morgan fingerprint density at radius 3 is 2.97 bits per heavy atom. The summed E-state index contributed by atoms with van der Waals surface area (Å²) in [6.07, 6.45) is 3.24. The Bertz CT molecular complexity index is 1000. The predicted octanol–water partition coefficient (Wildman–Crippen LogP) is 3.07. The number of carbonyl (C=O) groups excluding carboxylic acids is 1. The first-order chi connectivity index (χ1) is 13.8. The third-order valence-electron chi connectivity index (χ3n) is 5.39. The van der Waals surface area contributed by atoms with Crippen LogP contribution >= 0.6 is 11.6 Å². The average Bonchev–Trinajstić information content (AvgIpc) is 2.70. The highest BCUT2D eigenvalue weighted by Gasteiger charge is 2.54. The Hall–Kier alpha value is -2.71. The van der Waals surface area contributed by atoms with Gasteiger partial charge in [0.2, 0.25) is 5.91 Å². The van der Waals surface area contributed by atoms with Gasteiger partial charge in [-0.3, -0.25) is 14.7 Å². The third-order valence-corrected chi connectivity index (χ3v) is 5.67. The van der Waals surface area contributed by atoms with Crippen LogP contribution in [0, 0.1) is 11.7 Å². The fourth-order valence-electron chi connectivity index (χ4n) is 3.80. The number of amides is 1. The van der Waals surface area contributed by atoms with Gasteiger partial charge in [0.25, 0.3) is 0 Å². The van der Waals surface area contributed by atoms with E-state index in [1.54, 1.807) is 13.1 Å². The van der Waals surface area contributed by atoms with Crippen LogP contribution < -0.4 is 10.5 Å². The number of aromatic nitrogens is 1. The van der Waals surface area contributed by atoms with E-state index in [4.69, 9.17) is 26.8 Å². The van der Waals surface area contributed by atoms with Crippen molar-refractivity contribution in [3.05, 3.63) is 53.1 Å². The van der Waals surface area contributed by atoms with Crippen LogP contribution in [-0.2, 0) is 15.1 Å². The molecule has 1 fully saturated rings. The Balaban J connectivity index is 1.81. The van der Waals surface area contributed by atoms with Crippen LogP contribution in [0.15, 0.2) is 41.7 Å². The van der Waals surface area contributed by atoms with Crippen molar-refractivity contribution in [3.8, 4) is 11.5 Å². The number of rotatable bonds is 3. The molecule has 2 N–H and O–H groups in total. The number of fused-ring (bicyclic) bond motifs is 1. The lowest BCUT2D eigenvalue weighted by Crippen LogP contribution is -2.59. The molecule has 2 aliphatic heterocycles. The molecule has 7 nitrogen and oxygen atoms in total. The zero-order chi connectivity index (χ0) is 20.8. The number of hydrogen-bond acceptors (Lipinski definition) is 6. The second kappa shape index (κ2) is 7.27. The molecule has 3 atom stereocenters. The number of hydrogen-bond donors (Lipinski definition) is 1. The molecule has 1 saturated heterocycles. The number of benzene rings is 1. The van der Waals surface area contributed by atoms with Gasteiger partial charge < -0.3 is 15.2 Å². The van der Waals surface area contributed by atoms with Crippen LogP contribution in [0.25, 0.3) is 0 Å². The lowest BCUT2D eigenvalue weighted by molar-refractivity contribution is -0.144. The minimum Gasteiger partial charge on any atom is -0.456 e. The molecule has 0 saturated carbocycles. The summed E-state index contributed by atoms with van der Waals surface area (Å²) in [5, 5.41) is 0.320. The number of halogens is 2. The van der Waals surface area contributed by atoms with E-state index in [1.165, 1.54) is 35.5 Å². The summed E-state index contributed by atoms with van der Waals surface area (Å²) in [6.45, 7) is 1.91. The van der Waals surface area contributed by atoms with Crippen molar-refractivity contribution in [2.45, 2.75) is 25.0 Å². The molecule has 29 heavy (non-hydrogen) atoms. The van der Waals surface area contributed by atoms with Crippen LogP contribution in [0.2, 0.25) is 5.02 Å². The molecule has 1 aromatic heterocycles. The maximum atomic E-state index is 15.0. The Kier molecular flexibility index (Phi) is 4.92. The second-order valence-corrected chi connectivity index (χ2v) is 7.66. The molecule has 0 radical (unpaired) electrons. The normalized spacial score (nSPS) is 26.7. The zero-order valence-corrected chi connectivity index (χ0v) is 16.7. The molecule has 9 heteroatoms. The van der Waals surface area contributed by atoms with Gasteiger partial charge >= 0.3 is 0 Å². The topological polar surface area (TPSA) is 90.0 Å². The van der Waals surface area contributed by atoms with Crippen molar-refractivity contribution in [2.75, 3.05) is 13.7 Å². The maximum Gasteiger partial charge on any atom is 0.235 e. The van der Waals surface area contributed by atoms with E-state index in [-0.39, 0.29) is 30.1 Å². The van der Waals surface area contributed by atoms with E-state index < -0.39 is 17.3 Å². The van der Waals surface area contributed by atoms with Gasteiger partial charge in [0.1, 0.15) is 27.9 Å². The van der Waals surface area contributed by atoms with Crippen molar-refractivity contribution in [1.29, 1.82) is 0 Å². The summed E-state index contributed by atoms with van der Waals surface area (Å²) in [7, 11) is 1.56. The highest BCUT2D eigenvalue weighted by atomic mass is 35.5. The van der Waals surface area contributed by atoms with Gasteiger partial charge in [0.15, 0.2) is 5.96 Å². The molecule has 3 heterocycles. The Morgan fingerprint density at radius 1 is 1.41 bits per heavy atom. The summed E-state index contributed by atoms with van der Waals surface area (Å²) < 4.78 is 26.6. The van der Waals surface area contributed by atoms with Crippen molar-refractivity contribution < 1.29 is 18.7 Å². The van der Waals surface area contributed by atoms with E-state index in [2.05, 4.69) is 9.98 Å². The maximum absolute atomic E-state index is 15.0. The quantitative estimate of drug-likeness (QED) is 0.827. The van der Waals surface area contributed by atoms with Gasteiger partial charge in [-0.05, 0) is 31.5 Å². The molecule has 0 aliphatic carbocycles. The molecule has 2 aliphatic rings. The number of carbonyl (C=O) groups is 1. The van der Waals surface area contributed by atoms with Crippen LogP contribution in [0.3, 0.4) is 0 Å².